The number of benzene rings is 1. The van der Waals surface area contributed by atoms with E-state index < -0.39 is 0 Å². The predicted molar refractivity (Wildman–Crippen MR) is 75.8 cm³/mol. The number of hydrogen-bond donors (Lipinski definition) is 1. The normalized spacial score (nSPS) is 14.5. The van der Waals surface area contributed by atoms with E-state index in [1.54, 1.807) is 6.26 Å². The molecule has 0 aliphatic carbocycles. The zero-order valence-electron chi connectivity index (χ0n) is 11.4. The van der Waals surface area contributed by atoms with Crippen molar-refractivity contribution in [3.8, 4) is 0 Å². The van der Waals surface area contributed by atoms with E-state index in [2.05, 4.69) is 40.3 Å². The standard InChI is InChI=1S/C15H19N3O/c1-11-5-6-14-12(8-11)4-3-7-18(14)15-17-13(9-16-2)10-19-15/h5-6,8,10,16H,3-4,7,9H2,1-2H3. The molecular weight excluding hydrogens is 238 g/mol. The van der Waals surface area contributed by atoms with Gasteiger partial charge >= 0.3 is 6.01 Å². The highest BCUT2D eigenvalue weighted by Gasteiger charge is 2.21. The zero-order chi connectivity index (χ0) is 13.2. The molecule has 2 heterocycles. The quantitative estimate of drug-likeness (QED) is 0.918. The maximum atomic E-state index is 5.62. The van der Waals surface area contributed by atoms with Crippen molar-refractivity contribution in [2.24, 2.45) is 0 Å². The summed E-state index contributed by atoms with van der Waals surface area (Å²) < 4.78 is 5.62. The SMILES string of the molecule is CNCc1coc(N2CCCc3cc(C)ccc32)n1. The van der Waals surface area contributed by atoms with E-state index >= 15 is 0 Å². The van der Waals surface area contributed by atoms with Crippen molar-refractivity contribution < 1.29 is 4.42 Å². The van der Waals surface area contributed by atoms with Crippen LogP contribution in [0.5, 0.6) is 0 Å². The average Bonchev–Trinajstić information content (AvgIpc) is 2.86. The molecule has 1 N–H and O–H groups in total. The van der Waals surface area contributed by atoms with Crippen LogP contribution in [0.1, 0.15) is 23.2 Å². The third-order valence-corrected chi connectivity index (χ3v) is 3.48. The van der Waals surface area contributed by atoms with E-state index in [4.69, 9.17) is 4.42 Å². The molecule has 1 aliphatic rings. The van der Waals surface area contributed by atoms with Crippen molar-refractivity contribution >= 4 is 11.7 Å². The van der Waals surface area contributed by atoms with Gasteiger partial charge in [0.25, 0.3) is 0 Å². The van der Waals surface area contributed by atoms with Crippen LogP contribution in [0.15, 0.2) is 28.9 Å². The number of aryl methyl sites for hydroxylation is 2. The summed E-state index contributed by atoms with van der Waals surface area (Å²) in [7, 11) is 1.91. The number of nitrogens with one attached hydrogen (secondary N) is 1. The minimum atomic E-state index is 0.704. The second-order valence-electron chi connectivity index (χ2n) is 5.04. The first-order chi connectivity index (χ1) is 9.28. The van der Waals surface area contributed by atoms with Crippen LogP contribution in [0.4, 0.5) is 11.7 Å². The average molecular weight is 257 g/mol. The highest BCUT2D eigenvalue weighted by molar-refractivity contribution is 5.63. The zero-order valence-corrected chi connectivity index (χ0v) is 11.4. The maximum Gasteiger partial charge on any atom is 0.302 e. The monoisotopic (exact) mass is 257 g/mol. The van der Waals surface area contributed by atoms with Gasteiger partial charge in [-0.3, -0.25) is 4.90 Å². The maximum absolute atomic E-state index is 5.62. The van der Waals surface area contributed by atoms with Crippen molar-refractivity contribution in [2.45, 2.75) is 26.3 Å². The summed E-state index contributed by atoms with van der Waals surface area (Å²) >= 11 is 0. The molecule has 0 spiro atoms. The molecule has 1 aromatic carbocycles. The first-order valence-corrected chi connectivity index (χ1v) is 6.74. The van der Waals surface area contributed by atoms with Crippen LogP contribution in [-0.2, 0) is 13.0 Å². The van der Waals surface area contributed by atoms with Crippen LogP contribution >= 0.6 is 0 Å². The molecule has 1 aliphatic heterocycles. The molecular formula is C15H19N3O. The van der Waals surface area contributed by atoms with Crippen LogP contribution < -0.4 is 10.2 Å². The highest BCUT2D eigenvalue weighted by atomic mass is 16.4. The van der Waals surface area contributed by atoms with E-state index in [0.717, 1.165) is 31.6 Å². The minimum Gasteiger partial charge on any atom is -0.431 e. The lowest BCUT2D eigenvalue weighted by molar-refractivity contribution is 0.543. The van der Waals surface area contributed by atoms with Crippen molar-refractivity contribution in [2.75, 3.05) is 18.5 Å². The smallest absolute Gasteiger partial charge is 0.302 e. The molecule has 0 radical (unpaired) electrons. The van der Waals surface area contributed by atoms with E-state index in [1.807, 2.05) is 7.05 Å². The van der Waals surface area contributed by atoms with E-state index in [1.165, 1.54) is 16.8 Å². The van der Waals surface area contributed by atoms with Gasteiger partial charge in [0.05, 0.1) is 5.69 Å². The van der Waals surface area contributed by atoms with Gasteiger partial charge in [0.15, 0.2) is 0 Å². The molecule has 0 amide bonds. The molecule has 0 fully saturated rings. The van der Waals surface area contributed by atoms with Gasteiger partial charge in [-0.1, -0.05) is 17.7 Å². The molecule has 0 bridgehead atoms. The fourth-order valence-corrected chi connectivity index (χ4v) is 2.61. The van der Waals surface area contributed by atoms with Gasteiger partial charge in [-0.2, -0.15) is 4.98 Å². The molecule has 100 valence electrons. The first kappa shape index (κ1) is 12.2. The van der Waals surface area contributed by atoms with Gasteiger partial charge in [-0.05, 0) is 38.4 Å². The third-order valence-electron chi connectivity index (χ3n) is 3.48. The van der Waals surface area contributed by atoms with Gasteiger partial charge in [-0.25, -0.2) is 0 Å². The third kappa shape index (κ3) is 2.36. The summed E-state index contributed by atoms with van der Waals surface area (Å²) in [5.41, 5.74) is 4.87. The van der Waals surface area contributed by atoms with Gasteiger partial charge in [0.1, 0.15) is 6.26 Å². The van der Waals surface area contributed by atoms with Gasteiger partial charge in [-0.15, -0.1) is 0 Å². The van der Waals surface area contributed by atoms with E-state index in [0.29, 0.717) is 6.01 Å². The highest BCUT2D eigenvalue weighted by Crippen LogP contribution is 2.33. The Kier molecular flexibility index (Phi) is 3.25. The lowest BCUT2D eigenvalue weighted by atomic mass is 10.00. The fourth-order valence-electron chi connectivity index (χ4n) is 2.61. The molecule has 1 aromatic heterocycles. The number of aromatic nitrogens is 1. The Bertz CT molecular complexity index is 577. The Labute approximate surface area is 113 Å². The summed E-state index contributed by atoms with van der Waals surface area (Å²) in [5.74, 6) is 0. The Hall–Kier alpha value is -1.81. The minimum absolute atomic E-state index is 0.704. The molecule has 0 atom stereocenters. The molecule has 3 rings (SSSR count). The van der Waals surface area contributed by atoms with Crippen LogP contribution in [0.2, 0.25) is 0 Å². The van der Waals surface area contributed by atoms with E-state index in [9.17, 15) is 0 Å². The number of oxazole rings is 1. The van der Waals surface area contributed by atoms with Crippen molar-refractivity contribution in [3.63, 3.8) is 0 Å². The molecule has 0 saturated heterocycles. The summed E-state index contributed by atoms with van der Waals surface area (Å²) in [5, 5.41) is 3.09. The second-order valence-corrected chi connectivity index (χ2v) is 5.04. The molecule has 2 aromatic rings. The van der Waals surface area contributed by atoms with Crippen molar-refractivity contribution in [3.05, 3.63) is 41.3 Å². The number of rotatable bonds is 3. The fraction of sp³-hybridized carbons (Fsp3) is 0.400. The van der Waals surface area contributed by atoms with Gasteiger partial charge < -0.3 is 9.73 Å². The van der Waals surface area contributed by atoms with Crippen molar-refractivity contribution in [1.82, 2.24) is 10.3 Å². The molecule has 0 saturated carbocycles. The van der Waals surface area contributed by atoms with Gasteiger partial charge in [0, 0.05) is 18.8 Å². The topological polar surface area (TPSA) is 41.3 Å². The lowest BCUT2D eigenvalue weighted by Crippen LogP contribution is -2.24. The summed E-state index contributed by atoms with van der Waals surface area (Å²) in [4.78, 5) is 6.72. The molecule has 4 heteroatoms. The molecule has 4 nitrogen and oxygen atoms in total. The lowest BCUT2D eigenvalue weighted by Gasteiger charge is -2.28. The second kappa shape index (κ2) is 5.05. The Balaban J connectivity index is 1.94. The Morgan fingerprint density at radius 2 is 2.32 bits per heavy atom. The van der Waals surface area contributed by atoms with Crippen LogP contribution in [0, 0.1) is 6.92 Å². The predicted octanol–water partition coefficient (Wildman–Crippen LogP) is 2.79. The number of fused-ring (bicyclic) bond motifs is 1. The van der Waals surface area contributed by atoms with Crippen molar-refractivity contribution in [1.29, 1.82) is 0 Å². The van der Waals surface area contributed by atoms with Crippen LogP contribution in [0.3, 0.4) is 0 Å². The summed E-state index contributed by atoms with van der Waals surface area (Å²) in [6, 6.07) is 7.29. The van der Waals surface area contributed by atoms with E-state index in [-0.39, 0.29) is 0 Å². The Morgan fingerprint density at radius 1 is 1.42 bits per heavy atom. The number of anilines is 2. The Morgan fingerprint density at radius 3 is 3.16 bits per heavy atom. The van der Waals surface area contributed by atoms with Crippen LogP contribution in [-0.4, -0.2) is 18.6 Å². The van der Waals surface area contributed by atoms with Gasteiger partial charge in [0.2, 0.25) is 0 Å². The first-order valence-electron chi connectivity index (χ1n) is 6.74. The summed E-state index contributed by atoms with van der Waals surface area (Å²) in [6.07, 6.45) is 4.01. The summed E-state index contributed by atoms with van der Waals surface area (Å²) in [6.45, 7) is 3.84. The largest absolute Gasteiger partial charge is 0.431 e. The molecule has 19 heavy (non-hydrogen) atoms. The number of hydrogen-bond acceptors (Lipinski definition) is 4. The number of nitrogens with zero attached hydrogens (tertiary/aromatic N) is 2. The molecule has 0 unspecified atom stereocenters. The van der Waals surface area contributed by atoms with Crippen LogP contribution in [0.25, 0.3) is 0 Å².